The van der Waals surface area contributed by atoms with Crippen LogP contribution in [0.1, 0.15) is 30.5 Å². The minimum Gasteiger partial charge on any atom is -0.469 e. The first-order chi connectivity index (χ1) is 9.95. The molecule has 6 nitrogen and oxygen atoms in total. The summed E-state index contributed by atoms with van der Waals surface area (Å²) in [6.45, 7) is 2.02. The maximum absolute atomic E-state index is 12.4. The van der Waals surface area contributed by atoms with Gasteiger partial charge in [0.2, 0.25) is 10.0 Å². The molecule has 116 valence electrons. The van der Waals surface area contributed by atoms with E-state index < -0.39 is 27.2 Å². The zero-order valence-electron chi connectivity index (χ0n) is 12.2. The molecule has 0 bridgehead atoms. The summed E-state index contributed by atoms with van der Waals surface area (Å²) in [4.78, 5) is 15.8. The molecule has 1 saturated carbocycles. The molecular formula is C14H20N2O4S. The summed E-state index contributed by atoms with van der Waals surface area (Å²) in [6, 6.07) is 3.68. The van der Waals surface area contributed by atoms with Crippen molar-refractivity contribution in [2.75, 3.05) is 7.11 Å². The monoisotopic (exact) mass is 312 g/mol. The van der Waals surface area contributed by atoms with Crippen LogP contribution >= 0.6 is 0 Å². The third-order valence-electron chi connectivity index (χ3n) is 3.91. The molecule has 1 aliphatic carbocycles. The van der Waals surface area contributed by atoms with Gasteiger partial charge in [-0.05, 0) is 31.4 Å². The standard InChI is InChI=1S/C14H20N2O4S/c1-10-5-4-8-15-12(10)9-16-21(18,19)13-7-3-6-11(13)14(17)20-2/h4-5,8,11,13,16H,3,6-7,9H2,1-2H3. The molecule has 0 aromatic carbocycles. The maximum atomic E-state index is 12.4. The van der Waals surface area contributed by atoms with E-state index in [2.05, 4.69) is 9.71 Å². The van der Waals surface area contributed by atoms with Crippen molar-refractivity contribution in [2.24, 2.45) is 5.92 Å². The van der Waals surface area contributed by atoms with Crippen LogP contribution in [-0.2, 0) is 26.1 Å². The van der Waals surface area contributed by atoms with Crippen LogP contribution in [0, 0.1) is 12.8 Å². The number of nitrogens with one attached hydrogen (secondary N) is 1. The number of pyridine rings is 1. The van der Waals surface area contributed by atoms with E-state index in [1.807, 2.05) is 13.0 Å². The summed E-state index contributed by atoms with van der Waals surface area (Å²) in [5, 5.41) is -0.714. The molecule has 1 fully saturated rings. The van der Waals surface area contributed by atoms with Crippen molar-refractivity contribution in [2.45, 2.75) is 38.0 Å². The van der Waals surface area contributed by atoms with Gasteiger partial charge in [0, 0.05) is 6.20 Å². The average Bonchev–Trinajstić information content (AvgIpc) is 2.96. The van der Waals surface area contributed by atoms with Gasteiger partial charge in [-0.25, -0.2) is 13.1 Å². The van der Waals surface area contributed by atoms with Crippen molar-refractivity contribution in [3.8, 4) is 0 Å². The van der Waals surface area contributed by atoms with Crippen molar-refractivity contribution in [3.05, 3.63) is 29.6 Å². The Bertz CT molecular complexity index is 615. The summed E-state index contributed by atoms with van der Waals surface area (Å²) in [5.41, 5.74) is 1.62. The van der Waals surface area contributed by atoms with Gasteiger partial charge < -0.3 is 4.74 Å². The molecule has 0 aliphatic heterocycles. The second kappa shape index (κ2) is 6.53. The first-order valence-corrected chi connectivity index (χ1v) is 8.47. The van der Waals surface area contributed by atoms with Gasteiger partial charge in [0.05, 0.1) is 30.5 Å². The second-order valence-electron chi connectivity index (χ2n) is 5.23. The molecule has 0 saturated heterocycles. The molecule has 1 aromatic heterocycles. The lowest BCUT2D eigenvalue weighted by atomic mass is 10.1. The second-order valence-corrected chi connectivity index (χ2v) is 7.22. The SMILES string of the molecule is COC(=O)C1CCCC1S(=O)(=O)NCc1ncccc1C. The minimum atomic E-state index is -3.57. The normalized spacial score (nSPS) is 22.2. The Labute approximate surface area is 125 Å². The molecule has 0 radical (unpaired) electrons. The zero-order chi connectivity index (χ0) is 15.5. The smallest absolute Gasteiger partial charge is 0.310 e. The number of aromatic nitrogens is 1. The molecule has 2 rings (SSSR count). The fraction of sp³-hybridized carbons (Fsp3) is 0.571. The summed E-state index contributed by atoms with van der Waals surface area (Å²) < 4.78 is 32.1. The molecule has 1 aliphatic rings. The van der Waals surface area contributed by atoms with Crippen LogP contribution in [0.5, 0.6) is 0 Å². The fourth-order valence-corrected chi connectivity index (χ4v) is 4.41. The van der Waals surface area contributed by atoms with E-state index in [4.69, 9.17) is 4.74 Å². The Kier molecular flexibility index (Phi) is 4.95. The van der Waals surface area contributed by atoms with Gasteiger partial charge in [0.1, 0.15) is 0 Å². The number of ether oxygens (including phenoxy) is 1. The number of methoxy groups -OCH3 is 1. The molecule has 1 aromatic rings. The van der Waals surface area contributed by atoms with Crippen LogP contribution in [0.25, 0.3) is 0 Å². The molecule has 0 spiro atoms. The number of carbonyl (C=O) groups excluding carboxylic acids is 1. The van der Waals surface area contributed by atoms with Crippen molar-refractivity contribution < 1.29 is 17.9 Å². The number of hydrogen-bond acceptors (Lipinski definition) is 5. The van der Waals surface area contributed by atoms with Gasteiger partial charge in [-0.1, -0.05) is 12.5 Å². The van der Waals surface area contributed by atoms with Crippen molar-refractivity contribution in [1.29, 1.82) is 0 Å². The van der Waals surface area contributed by atoms with Gasteiger partial charge >= 0.3 is 5.97 Å². The van der Waals surface area contributed by atoms with E-state index in [1.165, 1.54) is 7.11 Å². The number of sulfonamides is 1. The van der Waals surface area contributed by atoms with Crippen LogP contribution < -0.4 is 4.72 Å². The van der Waals surface area contributed by atoms with Crippen molar-refractivity contribution in [1.82, 2.24) is 9.71 Å². The van der Waals surface area contributed by atoms with Gasteiger partial charge in [-0.15, -0.1) is 0 Å². The molecule has 1 heterocycles. The summed E-state index contributed by atoms with van der Waals surface area (Å²) >= 11 is 0. The number of hydrogen-bond donors (Lipinski definition) is 1. The Morgan fingerprint density at radius 2 is 2.24 bits per heavy atom. The van der Waals surface area contributed by atoms with Gasteiger partial charge in [-0.3, -0.25) is 9.78 Å². The van der Waals surface area contributed by atoms with E-state index in [0.29, 0.717) is 25.0 Å². The van der Waals surface area contributed by atoms with Crippen LogP contribution in [0.3, 0.4) is 0 Å². The molecule has 1 N–H and O–H groups in total. The van der Waals surface area contributed by atoms with Gasteiger partial charge in [-0.2, -0.15) is 0 Å². The quantitative estimate of drug-likeness (QED) is 0.824. The highest BCUT2D eigenvalue weighted by molar-refractivity contribution is 7.90. The first-order valence-electron chi connectivity index (χ1n) is 6.92. The van der Waals surface area contributed by atoms with Crippen LogP contribution in [0.15, 0.2) is 18.3 Å². The van der Waals surface area contributed by atoms with Crippen LogP contribution in [0.2, 0.25) is 0 Å². The Morgan fingerprint density at radius 1 is 1.48 bits per heavy atom. The van der Waals surface area contributed by atoms with E-state index in [0.717, 1.165) is 5.56 Å². The largest absolute Gasteiger partial charge is 0.469 e. The molecule has 2 unspecified atom stereocenters. The highest BCUT2D eigenvalue weighted by atomic mass is 32.2. The third-order valence-corrected chi connectivity index (χ3v) is 5.82. The lowest BCUT2D eigenvalue weighted by molar-refractivity contribution is -0.145. The van der Waals surface area contributed by atoms with Crippen LogP contribution in [-0.4, -0.2) is 31.7 Å². The lowest BCUT2D eigenvalue weighted by Gasteiger charge is -2.18. The zero-order valence-corrected chi connectivity index (χ0v) is 13.0. The summed E-state index contributed by atoms with van der Waals surface area (Å²) in [6.07, 6.45) is 3.38. The minimum absolute atomic E-state index is 0.138. The third kappa shape index (κ3) is 3.59. The molecule has 2 atom stereocenters. The predicted molar refractivity (Wildman–Crippen MR) is 77.9 cm³/mol. The van der Waals surface area contributed by atoms with E-state index in [-0.39, 0.29) is 6.54 Å². The molecule has 21 heavy (non-hydrogen) atoms. The maximum Gasteiger partial charge on any atom is 0.310 e. The predicted octanol–water partition coefficient (Wildman–Crippen LogP) is 1.15. The number of carbonyl (C=O) groups is 1. The lowest BCUT2D eigenvalue weighted by Crippen LogP contribution is -2.39. The van der Waals surface area contributed by atoms with Crippen LogP contribution in [0.4, 0.5) is 0 Å². The number of aryl methyl sites for hydroxylation is 1. The fourth-order valence-electron chi connectivity index (χ4n) is 2.70. The van der Waals surface area contributed by atoms with E-state index in [9.17, 15) is 13.2 Å². The Morgan fingerprint density at radius 3 is 2.90 bits per heavy atom. The average molecular weight is 312 g/mol. The highest BCUT2D eigenvalue weighted by Crippen LogP contribution is 2.31. The molecular weight excluding hydrogens is 292 g/mol. The van der Waals surface area contributed by atoms with E-state index in [1.54, 1.807) is 12.3 Å². The Hall–Kier alpha value is -1.47. The Balaban J connectivity index is 2.08. The highest BCUT2D eigenvalue weighted by Gasteiger charge is 2.42. The summed E-state index contributed by atoms with van der Waals surface area (Å²) in [7, 11) is -2.28. The van der Waals surface area contributed by atoms with E-state index >= 15 is 0 Å². The molecule has 7 heteroatoms. The number of esters is 1. The molecule has 0 amide bonds. The van der Waals surface area contributed by atoms with Gasteiger partial charge in [0.25, 0.3) is 0 Å². The van der Waals surface area contributed by atoms with Crippen molar-refractivity contribution in [3.63, 3.8) is 0 Å². The number of rotatable bonds is 5. The number of nitrogens with zero attached hydrogens (tertiary/aromatic N) is 1. The van der Waals surface area contributed by atoms with Gasteiger partial charge in [0.15, 0.2) is 0 Å². The summed E-state index contributed by atoms with van der Waals surface area (Å²) in [5.74, 6) is -1.02. The topological polar surface area (TPSA) is 85.4 Å². The first kappa shape index (κ1) is 15.9. The van der Waals surface area contributed by atoms with Crippen molar-refractivity contribution >= 4 is 16.0 Å².